The number of carboxylic acids is 1. The maximum absolute atomic E-state index is 13.2. The fourth-order valence-corrected chi connectivity index (χ4v) is 2.33. The molecule has 0 bridgehead atoms. The zero-order chi connectivity index (χ0) is 18.8. The molecule has 0 aliphatic rings. The van der Waals surface area contributed by atoms with Gasteiger partial charge in [-0.1, -0.05) is 11.6 Å². The Bertz CT molecular complexity index is 1080. The van der Waals surface area contributed by atoms with Gasteiger partial charge in [0.1, 0.15) is 30.0 Å². The molecule has 1 amide bonds. The fraction of sp³-hybridized carbons (Fsp3) is 0.0667. The molecule has 0 atom stereocenters. The van der Waals surface area contributed by atoms with E-state index >= 15 is 0 Å². The number of H-pyrrole nitrogens is 1. The predicted octanol–water partition coefficient (Wildman–Crippen LogP) is 1.42. The molecule has 134 valence electrons. The van der Waals surface area contributed by atoms with Crippen molar-refractivity contribution in [3.63, 3.8) is 0 Å². The largest absolute Gasteiger partial charge is 0.480 e. The molecule has 2 aromatic heterocycles. The van der Waals surface area contributed by atoms with Gasteiger partial charge in [0.2, 0.25) is 11.3 Å². The van der Waals surface area contributed by atoms with Crippen molar-refractivity contribution in [2.45, 2.75) is 0 Å². The van der Waals surface area contributed by atoms with Crippen LogP contribution in [-0.2, 0) is 4.79 Å². The van der Waals surface area contributed by atoms with Gasteiger partial charge in [0.05, 0.1) is 5.02 Å². The minimum atomic E-state index is -1.26. The minimum absolute atomic E-state index is 0.0278. The lowest BCUT2D eigenvalue weighted by Gasteiger charge is -2.10. The summed E-state index contributed by atoms with van der Waals surface area (Å²) in [5.74, 6) is -2.65. The van der Waals surface area contributed by atoms with Gasteiger partial charge in [0, 0.05) is 12.1 Å². The van der Waals surface area contributed by atoms with Crippen LogP contribution in [0.5, 0.6) is 11.6 Å². The highest BCUT2D eigenvalue weighted by atomic mass is 35.5. The summed E-state index contributed by atoms with van der Waals surface area (Å²) in [6.07, 6.45) is 1.22. The second-order valence-corrected chi connectivity index (χ2v) is 5.43. The Morgan fingerprint density at radius 1 is 1.38 bits per heavy atom. The van der Waals surface area contributed by atoms with Gasteiger partial charge in [0.25, 0.3) is 5.91 Å². The van der Waals surface area contributed by atoms with Crippen LogP contribution < -0.4 is 15.5 Å². The van der Waals surface area contributed by atoms with Crippen molar-refractivity contribution in [1.82, 2.24) is 19.9 Å². The van der Waals surface area contributed by atoms with Crippen LogP contribution in [0.4, 0.5) is 4.39 Å². The van der Waals surface area contributed by atoms with Crippen molar-refractivity contribution >= 4 is 29.1 Å². The first kappa shape index (κ1) is 17.4. The number of benzene rings is 1. The lowest BCUT2D eigenvalue weighted by atomic mass is 10.2. The van der Waals surface area contributed by atoms with Crippen LogP contribution in [0.3, 0.4) is 0 Å². The summed E-state index contributed by atoms with van der Waals surface area (Å²) in [5, 5.41) is 13.2. The third-order valence-electron chi connectivity index (χ3n) is 3.27. The van der Waals surface area contributed by atoms with Crippen molar-refractivity contribution in [2.24, 2.45) is 0 Å². The van der Waals surface area contributed by atoms with E-state index in [0.29, 0.717) is 0 Å². The van der Waals surface area contributed by atoms with Crippen LogP contribution >= 0.6 is 11.6 Å². The molecule has 0 aliphatic carbocycles. The highest BCUT2D eigenvalue weighted by Gasteiger charge is 2.20. The molecule has 9 nitrogen and oxygen atoms in total. The van der Waals surface area contributed by atoms with Gasteiger partial charge < -0.3 is 15.2 Å². The number of ether oxygens (including phenoxy) is 1. The topological polar surface area (TPSA) is 126 Å². The quantitative estimate of drug-likeness (QED) is 0.614. The third-order valence-corrected chi connectivity index (χ3v) is 3.56. The molecule has 1 aromatic carbocycles. The van der Waals surface area contributed by atoms with Crippen molar-refractivity contribution in [3.8, 4) is 11.6 Å². The molecule has 2 heterocycles. The van der Waals surface area contributed by atoms with Crippen molar-refractivity contribution in [3.05, 3.63) is 57.2 Å². The SMILES string of the molecule is O=C(O)CNC(=O)c1c(=O)cc(Oc2ccc(F)c(Cl)c2)n2[nH]cnc12. The van der Waals surface area contributed by atoms with Crippen molar-refractivity contribution in [2.75, 3.05) is 6.54 Å². The first-order valence-electron chi connectivity index (χ1n) is 7.09. The fourth-order valence-electron chi connectivity index (χ4n) is 2.16. The number of amides is 1. The maximum Gasteiger partial charge on any atom is 0.322 e. The lowest BCUT2D eigenvalue weighted by Crippen LogP contribution is -2.33. The number of aliphatic carboxylic acids is 1. The minimum Gasteiger partial charge on any atom is -0.480 e. The Morgan fingerprint density at radius 2 is 2.15 bits per heavy atom. The standard InChI is InChI=1S/C15H10ClFN4O5/c16-8-3-7(1-2-9(8)17)26-11-4-10(22)13(14-19-6-20-21(11)14)15(25)18-5-12(23)24/h1-4,6H,5H2,(H,18,25)(H,19,20)(H,23,24). The average Bonchev–Trinajstić information content (AvgIpc) is 3.05. The first-order valence-corrected chi connectivity index (χ1v) is 7.46. The van der Waals surface area contributed by atoms with Crippen molar-refractivity contribution < 1.29 is 23.8 Å². The van der Waals surface area contributed by atoms with Gasteiger partial charge in [-0.3, -0.25) is 19.5 Å². The number of carbonyl (C=O) groups is 2. The molecule has 0 spiro atoms. The smallest absolute Gasteiger partial charge is 0.322 e. The van der Waals surface area contributed by atoms with Crippen LogP contribution in [0.15, 0.2) is 35.4 Å². The predicted molar refractivity (Wildman–Crippen MR) is 87.3 cm³/mol. The van der Waals surface area contributed by atoms with Crippen LogP contribution in [0.25, 0.3) is 5.65 Å². The van der Waals surface area contributed by atoms with Crippen LogP contribution in [0, 0.1) is 5.82 Å². The average molecular weight is 381 g/mol. The van der Waals surface area contributed by atoms with Gasteiger partial charge in [-0.25, -0.2) is 13.9 Å². The summed E-state index contributed by atoms with van der Waals surface area (Å²) in [4.78, 5) is 38.9. The first-order chi connectivity index (χ1) is 12.4. The normalized spacial score (nSPS) is 10.7. The van der Waals surface area contributed by atoms with E-state index < -0.39 is 29.7 Å². The van der Waals surface area contributed by atoms with E-state index in [1.807, 2.05) is 0 Å². The van der Waals surface area contributed by atoms with E-state index in [1.165, 1.54) is 23.0 Å². The molecule has 3 N–H and O–H groups in total. The Hall–Kier alpha value is -3.40. The number of hydrogen-bond acceptors (Lipinski definition) is 5. The molecule has 3 rings (SSSR count). The van der Waals surface area contributed by atoms with Crippen LogP contribution in [-0.4, -0.2) is 38.1 Å². The van der Waals surface area contributed by atoms with Crippen LogP contribution in [0.1, 0.15) is 10.4 Å². The van der Waals surface area contributed by atoms with E-state index in [1.54, 1.807) is 0 Å². The summed E-state index contributed by atoms with van der Waals surface area (Å²) in [7, 11) is 0. The monoisotopic (exact) mass is 380 g/mol. The van der Waals surface area contributed by atoms with E-state index in [-0.39, 0.29) is 27.9 Å². The summed E-state index contributed by atoms with van der Waals surface area (Å²) < 4.78 is 19.9. The maximum atomic E-state index is 13.2. The summed E-state index contributed by atoms with van der Waals surface area (Å²) in [6, 6.07) is 4.63. The molecule has 0 radical (unpaired) electrons. The molecule has 3 aromatic rings. The number of aromatic amines is 1. The molecule has 0 saturated heterocycles. The second-order valence-electron chi connectivity index (χ2n) is 5.02. The van der Waals surface area contributed by atoms with Crippen molar-refractivity contribution in [1.29, 1.82) is 0 Å². The van der Waals surface area contributed by atoms with Gasteiger partial charge in [-0.2, -0.15) is 0 Å². The number of nitrogens with zero attached hydrogens (tertiary/aromatic N) is 2. The van der Waals surface area contributed by atoms with E-state index in [4.69, 9.17) is 21.4 Å². The zero-order valence-electron chi connectivity index (χ0n) is 12.8. The lowest BCUT2D eigenvalue weighted by molar-refractivity contribution is -0.135. The number of aromatic nitrogens is 3. The number of nitrogens with one attached hydrogen (secondary N) is 2. The Labute approximate surface area is 149 Å². The van der Waals surface area contributed by atoms with Gasteiger partial charge in [-0.15, -0.1) is 0 Å². The molecular weight excluding hydrogens is 371 g/mol. The number of hydrogen-bond donors (Lipinski definition) is 3. The van der Waals surface area contributed by atoms with E-state index in [9.17, 15) is 18.8 Å². The van der Waals surface area contributed by atoms with Gasteiger partial charge >= 0.3 is 5.97 Å². The molecule has 0 fully saturated rings. The summed E-state index contributed by atoms with van der Waals surface area (Å²) in [6.45, 7) is -0.652. The molecule has 0 unspecified atom stereocenters. The number of fused-ring (bicyclic) bond motifs is 1. The van der Waals surface area contributed by atoms with E-state index in [0.717, 1.165) is 12.1 Å². The highest BCUT2D eigenvalue weighted by Crippen LogP contribution is 2.26. The number of carbonyl (C=O) groups excluding carboxylic acids is 1. The van der Waals surface area contributed by atoms with E-state index in [2.05, 4.69) is 15.4 Å². The number of pyridine rings is 1. The molecule has 0 aliphatic heterocycles. The molecular formula is C15H10ClFN4O5. The molecule has 0 saturated carbocycles. The van der Waals surface area contributed by atoms with Gasteiger partial charge in [-0.05, 0) is 12.1 Å². The Balaban J connectivity index is 2.01. The number of halogens is 2. The second kappa shape index (κ2) is 6.84. The van der Waals surface area contributed by atoms with Crippen LogP contribution in [0.2, 0.25) is 5.02 Å². The molecule has 26 heavy (non-hydrogen) atoms. The van der Waals surface area contributed by atoms with Gasteiger partial charge in [0.15, 0.2) is 5.65 Å². The Morgan fingerprint density at radius 3 is 2.85 bits per heavy atom. The Kier molecular flexibility index (Phi) is 4.59. The molecule has 11 heteroatoms. The third kappa shape index (κ3) is 3.35. The zero-order valence-corrected chi connectivity index (χ0v) is 13.6. The highest BCUT2D eigenvalue weighted by molar-refractivity contribution is 6.30. The summed E-state index contributed by atoms with van der Waals surface area (Å²) in [5.41, 5.74) is -1.15. The summed E-state index contributed by atoms with van der Waals surface area (Å²) >= 11 is 5.69. The number of carboxylic acid groups (broad SMARTS) is 1. The number of rotatable bonds is 5.